The molecular formula is C21H32N2O4. The molecule has 6 heteroatoms. The van der Waals surface area contributed by atoms with Crippen molar-refractivity contribution in [2.45, 2.75) is 46.0 Å². The van der Waals surface area contributed by atoms with E-state index < -0.39 is 0 Å². The molecule has 6 nitrogen and oxygen atoms in total. The fourth-order valence-electron chi connectivity index (χ4n) is 3.39. The van der Waals surface area contributed by atoms with Gasteiger partial charge in [0.2, 0.25) is 11.8 Å². The summed E-state index contributed by atoms with van der Waals surface area (Å²) in [5, 5.41) is 5.98. The van der Waals surface area contributed by atoms with Crippen LogP contribution in [-0.2, 0) is 9.59 Å². The van der Waals surface area contributed by atoms with Crippen LogP contribution in [0.1, 0.15) is 46.0 Å². The lowest BCUT2D eigenvalue weighted by Crippen LogP contribution is -2.36. The molecule has 1 saturated carbocycles. The number of anilines is 1. The number of ether oxygens (including phenoxy) is 2. The monoisotopic (exact) mass is 376 g/mol. The second-order valence-electron chi connectivity index (χ2n) is 7.58. The Kier molecular flexibility index (Phi) is 7.95. The van der Waals surface area contributed by atoms with E-state index in [0.717, 1.165) is 38.6 Å². The highest BCUT2D eigenvalue weighted by atomic mass is 16.5. The molecule has 2 amide bonds. The van der Waals surface area contributed by atoms with Crippen molar-refractivity contribution in [2.24, 2.45) is 17.8 Å². The van der Waals surface area contributed by atoms with E-state index in [2.05, 4.69) is 24.5 Å². The van der Waals surface area contributed by atoms with Crippen molar-refractivity contribution < 1.29 is 19.1 Å². The first-order valence-electron chi connectivity index (χ1n) is 9.75. The van der Waals surface area contributed by atoms with Gasteiger partial charge < -0.3 is 20.1 Å². The summed E-state index contributed by atoms with van der Waals surface area (Å²) in [6, 6.07) is 5.31. The Balaban J connectivity index is 1.85. The minimum atomic E-state index is -0.0828. The molecule has 1 aromatic carbocycles. The smallest absolute Gasteiger partial charge is 0.227 e. The Bertz CT molecular complexity index is 637. The number of rotatable bonds is 8. The molecule has 1 aliphatic carbocycles. The van der Waals surface area contributed by atoms with E-state index in [1.807, 2.05) is 0 Å². The fourth-order valence-corrected chi connectivity index (χ4v) is 3.39. The van der Waals surface area contributed by atoms with E-state index in [9.17, 15) is 9.59 Å². The number of hydrogen-bond donors (Lipinski definition) is 2. The van der Waals surface area contributed by atoms with Crippen molar-refractivity contribution in [2.75, 3.05) is 26.1 Å². The molecule has 1 aromatic rings. The molecule has 0 bridgehead atoms. The summed E-state index contributed by atoms with van der Waals surface area (Å²) in [5.74, 6) is 1.88. The van der Waals surface area contributed by atoms with E-state index in [1.165, 1.54) is 0 Å². The Morgan fingerprint density at radius 3 is 2.22 bits per heavy atom. The highest BCUT2D eigenvalue weighted by Crippen LogP contribution is 2.33. The summed E-state index contributed by atoms with van der Waals surface area (Å²) in [7, 11) is 3.15. The second-order valence-corrected chi connectivity index (χ2v) is 7.58. The van der Waals surface area contributed by atoms with Gasteiger partial charge in [-0.05, 0) is 50.2 Å². The molecule has 0 aliphatic heterocycles. The third-order valence-corrected chi connectivity index (χ3v) is 5.15. The van der Waals surface area contributed by atoms with Crippen molar-refractivity contribution in [3.63, 3.8) is 0 Å². The van der Waals surface area contributed by atoms with E-state index in [-0.39, 0.29) is 23.7 Å². The van der Waals surface area contributed by atoms with Crippen molar-refractivity contribution in [1.82, 2.24) is 5.32 Å². The van der Waals surface area contributed by atoms with E-state index >= 15 is 0 Å². The topological polar surface area (TPSA) is 76.7 Å². The van der Waals surface area contributed by atoms with Gasteiger partial charge in [-0.1, -0.05) is 13.8 Å². The third-order valence-electron chi connectivity index (χ3n) is 5.15. The largest absolute Gasteiger partial charge is 0.497 e. The molecule has 0 spiro atoms. The first-order chi connectivity index (χ1) is 12.9. The Hall–Kier alpha value is -2.24. The van der Waals surface area contributed by atoms with Crippen molar-refractivity contribution in [3.05, 3.63) is 18.2 Å². The first-order valence-corrected chi connectivity index (χ1v) is 9.75. The number of nitrogens with one attached hydrogen (secondary N) is 2. The van der Waals surface area contributed by atoms with E-state index in [4.69, 9.17) is 9.47 Å². The molecule has 0 radical (unpaired) electrons. The lowest BCUT2D eigenvalue weighted by atomic mass is 9.81. The number of carbonyl (C=O) groups is 2. The van der Waals surface area contributed by atoms with Gasteiger partial charge in [0.05, 0.1) is 19.9 Å². The molecule has 0 unspecified atom stereocenters. The van der Waals surface area contributed by atoms with Crippen LogP contribution < -0.4 is 20.1 Å². The maximum Gasteiger partial charge on any atom is 0.227 e. The molecule has 150 valence electrons. The lowest BCUT2D eigenvalue weighted by molar-refractivity contribution is -0.128. The minimum absolute atomic E-state index is 0.0209. The van der Waals surface area contributed by atoms with Crippen LogP contribution in [0.4, 0.5) is 5.69 Å². The van der Waals surface area contributed by atoms with Gasteiger partial charge in [-0.3, -0.25) is 9.59 Å². The van der Waals surface area contributed by atoms with Crippen molar-refractivity contribution >= 4 is 17.5 Å². The van der Waals surface area contributed by atoms with E-state index in [1.54, 1.807) is 32.4 Å². The second kappa shape index (κ2) is 10.2. The summed E-state index contributed by atoms with van der Waals surface area (Å²) >= 11 is 0. The predicted molar refractivity (Wildman–Crippen MR) is 106 cm³/mol. The van der Waals surface area contributed by atoms with Gasteiger partial charge in [0.15, 0.2) is 0 Å². The lowest BCUT2D eigenvalue weighted by Gasteiger charge is -2.27. The molecule has 27 heavy (non-hydrogen) atoms. The molecular weight excluding hydrogens is 344 g/mol. The van der Waals surface area contributed by atoms with Crippen LogP contribution in [0.5, 0.6) is 11.5 Å². The van der Waals surface area contributed by atoms with Crippen molar-refractivity contribution in [1.29, 1.82) is 0 Å². The molecule has 2 N–H and O–H groups in total. The molecule has 2 rings (SSSR count). The van der Waals surface area contributed by atoms with Crippen LogP contribution >= 0.6 is 0 Å². The van der Waals surface area contributed by atoms with E-state index in [0.29, 0.717) is 23.1 Å². The Labute approximate surface area is 162 Å². The maximum atomic E-state index is 12.7. The van der Waals surface area contributed by atoms with Gasteiger partial charge in [-0.15, -0.1) is 0 Å². The third kappa shape index (κ3) is 6.15. The number of carbonyl (C=O) groups excluding carboxylic acids is 2. The number of amides is 2. The van der Waals surface area contributed by atoms with Crippen LogP contribution in [0, 0.1) is 17.8 Å². The van der Waals surface area contributed by atoms with Gasteiger partial charge in [0.1, 0.15) is 11.5 Å². The molecule has 0 heterocycles. The van der Waals surface area contributed by atoms with Gasteiger partial charge in [0, 0.05) is 24.4 Å². The number of hydrogen-bond acceptors (Lipinski definition) is 4. The predicted octanol–water partition coefficient (Wildman–Crippen LogP) is 3.61. The number of benzene rings is 1. The average Bonchev–Trinajstić information content (AvgIpc) is 2.67. The minimum Gasteiger partial charge on any atom is -0.497 e. The molecule has 0 aromatic heterocycles. The Morgan fingerprint density at radius 1 is 1.04 bits per heavy atom. The summed E-state index contributed by atoms with van der Waals surface area (Å²) in [4.78, 5) is 24.9. The summed E-state index contributed by atoms with van der Waals surface area (Å²) in [5.41, 5.74) is 0.607. The summed E-state index contributed by atoms with van der Waals surface area (Å²) in [6.45, 7) is 5.02. The average molecular weight is 376 g/mol. The van der Waals surface area contributed by atoms with Crippen LogP contribution in [0.15, 0.2) is 18.2 Å². The highest BCUT2D eigenvalue weighted by Gasteiger charge is 2.30. The zero-order valence-electron chi connectivity index (χ0n) is 16.8. The quantitative estimate of drug-likeness (QED) is 0.727. The first kappa shape index (κ1) is 21.1. The van der Waals surface area contributed by atoms with Crippen LogP contribution in [0.3, 0.4) is 0 Å². The van der Waals surface area contributed by atoms with Gasteiger partial charge in [-0.25, -0.2) is 0 Å². The zero-order chi connectivity index (χ0) is 19.8. The van der Waals surface area contributed by atoms with Crippen LogP contribution in [-0.4, -0.2) is 32.6 Å². The molecule has 0 atom stereocenters. The van der Waals surface area contributed by atoms with Gasteiger partial charge in [-0.2, -0.15) is 0 Å². The maximum absolute atomic E-state index is 12.7. The molecule has 1 aliphatic rings. The van der Waals surface area contributed by atoms with Gasteiger partial charge >= 0.3 is 0 Å². The van der Waals surface area contributed by atoms with Crippen LogP contribution in [0.2, 0.25) is 0 Å². The summed E-state index contributed by atoms with van der Waals surface area (Å²) < 4.78 is 10.5. The Morgan fingerprint density at radius 2 is 1.67 bits per heavy atom. The zero-order valence-corrected chi connectivity index (χ0v) is 16.8. The standard InChI is InChI=1S/C21H32N2O4/c1-14(2)11-12-22-20(24)15-5-7-16(8-6-15)21(25)23-18-13-17(26-3)9-10-19(18)27-4/h9-10,13-16H,5-8,11-12H2,1-4H3,(H,22,24)(H,23,25). The fraction of sp³-hybridized carbons (Fsp3) is 0.619. The van der Waals surface area contributed by atoms with Crippen LogP contribution in [0.25, 0.3) is 0 Å². The number of methoxy groups -OCH3 is 2. The normalized spacial score (nSPS) is 19.4. The highest BCUT2D eigenvalue weighted by molar-refractivity contribution is 5.94. The van der Waals surface area contributed by atoms with Crippen molar-refractivity contribution in [3.8, 4) is 11.5 Å². The molecule has 0 saturated heterocycles. The molecule has 1 fully saturated rings. The van der Waals surface area contributed by atoms with Gasteiger partial charge in [0.25, 0.3) is 0 Å². The summed E-state index contributed by atoms with van der Waals surface area (Å²) in [6.07, 6.45) is 3.94. The SMILES string of the molecule is COc1ccc(OC)c(NC(=O)C2CCC(C(=O)NCCC(C)C)CC2)c1.